The number of hydrogen-bond donors (Lipinski definition) is 2. The molecule has 0 bridgehead atoms. The van der Waals surface area contributed by atoms with Crippen molar-refractivity contribution in [2.75, 3.05) is 6.54 Å². The predicted molar refractivity (Wildman–Crippen MR) is 111 cm³/mol. The molecule has 0 unspecified atom stereocenters. The molecule has 0 aliphatic carbocycles. The Morgan fingerprint density at radius 3 is 2.64 bits per heavy atom. The number of hydrazone groups is 1. The highest BCUT2D eigenvalue weighted by atomic mass is 35.5. The van der Waals surface area contributed by atoms with Gasteiger partial charge in [-0.05, 0) is 36.2 Å². The maximum absolute atomic E-state index is 11.7. The van der Waals surface area contributed by atoms with Crippen LogP contribution in [0.3, 0.4) is 0 Å². The number of halogens is 2. The number of carbonyl (C=O) groups excluding carboxylic acids is 2. The van der Waals surface area contributed by atoms with Gasteiger partial charge in [-0.3, -0.25) is 9.59 Å². The summed E-state index contributed by atoms with van der Waals surface area (Å²) in [5.41, 5.74) is 3.71. The van der Waals surface area contributed by atoms with E-state index in [1.54, 1.807) is 24.3 Å². The van der Waals surface area contributed by atoms with Gasteiger partial charge in [0.25, 0.3) is 0 Å². The van der Waals surface area contributed by atoms with E-state index in [4.69, 9.17) is 27.9 Å². The van der Waals surface area contributed by atoms with E-state index in [0.29, 0.717) is 27.9 Å². The zero-order chi connectivity index (χ0) is 20.4. The topological polar surface area (TPSA) is 79.8 Å². The second kappa shape index (κ2) is 11.3. The highest BCUT2D eigenvalue weighted by molar-refractivity contribution is 6.42. The summed E-state index contributed by atoms with van der Waals surface area (Å²) in [5, 5.41) is 7.28. The lowest BCUT2D eigenvalue weighted by atomic mass is 10.2. The van der Waals surface area contributed by atoms with Crippen molar-refractivity contribution in [3.05, 3.63) is 63.6 Å². The van der Waals surface area contributed by atoms with E-state index >= 15 is 0 Å². The average Bonchev–Trinajstić information content (AvgIpc) is 2.69. The molecular formula is C20H21Cl2N3O3. The molecule has 0 saturated heterocycles. The van der Waals surface area contributed by atoms with Crippen molar-refractivity contribution in [1.82, 2.24) is 10.7 Å². The summed E-state index contributed by atoms with van der Waals surface area (Å²) in [6.45, 7) is 2.74. The van der Waals surface area contributed by atoms with Crippen LogP contribution in [0.2, 0.25) is 10.0 Å². The SMILES string of the molecule is CCCCNC(=O)C(=O)N/N=C\c1ccccc1OCc1ccc(Cl)c(Cl)c1. The first kappa shape index (κ1) is 21.7. The van der Waals surface area contributed by atoms with Crippen molar-refractivity contribution < 1.29 is 14.3 Å². The number of para-hydroxylation sites is 1. The van der Waals surface area contributed by atoms with Crippen LogP contribution >= 0.6 is 23.2 Å². The summed E-state index contributed by atoms with van der Waals surface area (Å²) in [5.74, 6) is -0.963. The molecule has 0 fully saturated rings. The van der Waals surface area contributed by atoms with Crippen molar-refractivity contribution in [2.24, 2.45) is 5.10 Å². The summed E-state index contributed by atoms with van der Waals surface area (Å²) < 4.78 is 5.80. The molecular weight excluding hydrogens is 401 g/mol. The normalized spacial score (nSPS) is 10.7. The number of carbonyl (C=O) groups is 2. The van der Waals surface area contributed by atoms with Crippen molar-refractivity contribution in [1.29, 1.82) is 0 Å². The Morgan fingerprint density at radius 2 is 1.89 bits per heavy atom. The lowest BCUT2D eigenvalue weighted by Gasteiger charge is -2.09. The second-order valence-corrected chi connectivity index (χ2v) is 6.70. The highest BCUT2D eigenvalue weighted by Crippen LogP contribution is 2.24. The summed E-state index contributed by atoms with van der Waals surface area (Å²) >= 11 is 11.9. The number of unbranched alkanes of at least 4 members (excludes halogenated alkanes) is 1. The van der Waals surface area contributed by atoms with Crippen LogP contribution in [0, 0.1) is 0 Å². The molecule has 2 aromatic rings. The van der Waals surface area contributed by atoms with E-state index in [1.807, 2.05) is 25.1 Å². The number of rotatable bonds is 8. The first-order valence-corrected chi connectivity index (χ1v) is 9.54. The van der Waals surface area contributed by atoms with E-state index in [1.165, 1.54) is 6.21 Å². The molecule has 0 saturated carbocycles. The molecule has 2 rings (SSSR count). The van der Waals surface area contributed by atoms with E-state index < -0.39 is 11.8 Å². The molecule has 2 N–H and O–H groups in total. The van der Waals surface area contributed by atoms with Crippen molar-refractivity contribution in [3.8, 4) is 5.75 Å². The van der Waals surface area contributed by atoms with Crippen LogP contribution in [0.25, 0.3) is 0 Å². The third-order valence-electron chi connectivity index (χ3n) is 3.69. The van der Waals surface area contributed by atoms with Crippen LogP contribution in [0.1, 0.15) is 30.9 Å². The van der Waals surface area contributed by atoms with Gasteiger partial charge in [0.1, 0.15) is 12.4 Å². The molecule has 0 spiro atoms. The molecule has 0 aliphatic heterocycles. The number of benzene rings is 2. The highest BCUT2D eigenvalue weighted by Gasteiger charge is 2.11. The molecule has 0 heterocycles. The van der Waals surface area contributed by atoms with Gasteiger partial charge >= 0.3 is 11.8 Å². The fourth-order valence-electron chi connectivity index (χ4n) is 2.18. The molecule has 0 atom stereocenters. The van der Waals surface area contributed by atoms with Crippen LogP contribution in [-0.2, 0) is 16.2 Å². The van der Waals surface area contributed by atoms with Crippen LogP contribution in [0.4, 0.5) is 0 Å². The van der Waals surface area contributed by atoms with Crippen LogP contribution in [0.15, 0.2) is 47.6 Å². The van der Waals surface area contributed by atoms with Gasteiger partial charge in [0.05, 0.1) is 16.3 Å². The molecule has 0 aromatic heterocycles. The van der Waals surface area contributed by atoms with E-state index in [2.05, 4.69) is 15.8 Å². The fourth-order valence-corrected chi connectivity index (χ4v) is 2.50. The van der Waals surface area contributed by atoms with Gasteiger partial charge in [0.2, 0.25) is 0 Å². The van der Waals surface area contributed by atoms with E-state index in [9.17, 15) is 9.59 Å². The maximum Gasteiger partial charge on any atom is 0.329 e. The predicted octanol–water partition coefficient (Wildman–Crippen LogP) is 3.94. The Bertz CT molecular complexity index is 856. The number of nitrogens with one attached hydrogen (secondary N) is 2. The number of hydrogen-bond acceptors (Lipinski definition) is 4. The zero-order valence-corrected chi connectivity index (χ0v) is 16.9. The molecule has 8 heteroatoms. The number of amides is 2. The summed E-state index contributed by atoms with van der Waals surface area (Å²) in [6, 6.07) is 12.4. The minimum atomic E-state index is -0.818. The molecule has 148 valence electrons. The first-order chi connectivity index (χ1) is 13.5. The van der Waals surface area contributed by atoms with Gasteiger partial charge in [0, 0.05) is 12.1 Å². The Morgan fingerprint density at radius 1 is 1.11 bits per heavy atom. The number of ether oxygens (including phenoxy) is 1. The third kappa shape index (κ3) is 6.87. The Labute approximate surface area is 173 Å². The molecule has 2 amide bonds. The molecule has 0 radical (unpaired) electrons. The quantitative estimate of drug-likeness (QED) is 0.293. The molecule has 2 aromatic carbocycles. The number of nitrogens with zero attached hydrogens (tertiary/aromatic N) is 1. The van der Waals surface area contributed by atoms with Gasteiger partial charge in [0.15, 0.2) is 0 Å². The minimum absolute atomic E-state index is 0.286. The summed E-state index contributed by atoms with van der Waals surface area (Å²) in [7, 11) is 0. The average molecular weight is 422 g/mol. The van der Waals surface area contributed by atoms with E-state index in [0.717, 1.165) is 18.4 Å². The summed E-state index contributed by atoms with van der Waals surface area (Å²) in [4.78, 5) is 23.3. The smallest absolute Gasteiger partial charge is 0.329 e. The Balaban J connectivity index is 1.93. The van der Waals surface area contributed by atoms with Gasteiger partial charge in [-0.25, -0.2) is 5.43 Å². The van der Waals surface area contributed by atoms with Gasteiger partial charge in [-0.2, -0.15) is 5.10 Å². The Kier molecular flexibility index (Phi) is 8.78. The van der Waals surface area contributed by atoms with Gasteiger partial charge < -0.3 is 10.1 Å². The monoisotopic (exact) mass is 421 g/mol. The van der Waals surface area contributed by atoms with Crippen LogP contribution < -0.4 is 15.5 Å². The summed E-state index contributed by atoms with van der Waals surface area (Å²) in [6.07, 6.45) is 3.16. The van der Waals surface area contributed by atoms with Gasteiger partial charge in [-0.1, -0.05) is 54.7 Å². The lowest BCUT2D eigenvalue weighted by Crippen LogP contribution is -2.38. The second-order valence-electron chi connectivity index (χ2n) is 5.88. The van der Waals surface area contributed by atoms with Crippen LogP contribution in [0.5, 0.6) is 5.75 Å². The van der Waals surface area contributed by atoms with Crippen LogP contribution in [-0.4, -0.2) is 24.6 Å². The molecule has 28 heavy (non-hydrogen) atoms. The van der Waals surface area contributed by atoms with Crippen molar-refractivity contribution in [3.63, 3.8) is 0 Å². The first-order valence-electron chi connectivity index (χ1n) is 8.78. The Hall–Kier alpha value is -2.57. The third-order valence-corrected chi connectivity index (χ3v) is 4.43. The lowest BCUT2D eigenvalue weighted by molar-refractivity contribution is -0.139. The van der Waals surface area contributed by atoms with Crippen molar-refractivity contribution in [2.45, 2.75) is 26.4 Å². The minimum Gasteiger partial charge on any atom is -0.488 e. The largest absolute Gasteiger partial charge is 0.488 e. The molecule has 6 nitrogen and oxygen atoms in total. The molecule has 0 aliphatic rings. The maximum atomic E-state index is 11.7. The fraction of sp³-hybridized carbons (Fsp3) is 0.250. The standard InChI is InChI=1S/C20H21Cl2N3O3/c1-2-3-10-23-19(26)20(27)25-24-12-15-6-4-5-7-18(15)28-13-14-8-9-16(21)17(22)11-14/h4-9,11-12H,2-3,10,13H2,1H3,(H,23,26)(H,25,27)/b24-12-. The van der Waals surface area contributed by atoms with Crippen molar-refractivity contribution >= 4 is 41.2 Å². The van der Waals surface area contributed by atoms with Gasteiger partial charge in [-0.15, -0.1) is 0 Å². The zero-order valence-electron chi connectivity index (χ0n) is 15.4. The van der Waals surface area contributed by atoms with E-state index in [-0.39, 0.29) is 6.61 Å².